The van der Waals surface area contributed by atoms with Crippen molar-refractivity contribution >= 4 is 126 Å². The lowest BCUT2D eigenvalue weighted by molar-refractivity contribution is -0.141. The number of rotatable bonds is 65. The Kier molecular flexibility index (Phi) is 55.8. The van der Waals surface area contributed by atoms with Gasteiger partial charge in [0, 0.05) is 62.8 Å². The van der Waals surface area contributed by atoms with E-state index in [-0.39, 0.29) is 168 Å². The summed E-state index contributed by atoms with van der Waals surface area (Å²) in [7, 11) is 0. The largest absolute Gasteiger partial charge is 0.481 e. The maximum atomic E-state index is 14.1. The number of carbonyl (C=O) groups excluding carboxylic acids is 13. The van der Waals surface area contributed by atoms with Gasteiger partial charge in [0.05, 0.1) is 92.2 Å². The predicted molar refractivity (Wildman–Crippen MR) is 395 cm³/mol. The number of hydrogen-bond donors (Lipinski definition) is 20. The molecule has 21 N–H and O–H groups in total. The lowest BCUT2D eigenvalue weighted by atomic mass is 10.0. The molecule has 7 atom stereocenters. The highest BCUT2D eigenvalue weighted by Crippen LogP contribution is 2.09. The molecule has 0 aliphatic heterocycles. The lowest BCUT2D eigenvalue weighted by Gasteiger charge is -2.26. The number of thiol groups is 2. The number of unbranched alkanes of at least 4 members (excludes halogenated alkanes) is 1. The van der Waals surface area contributed by atoms with Crippen LogP contribution in [0, 0.1) is 5.41 Å². The van der Waals surface area contributed by atoms with Crippen LogP contribution in [0.4, 0.5) is 0 Å². The molecule has 0 unspecified atom stereocenters. The van der Waals surface area contributed by atoms with Crippen LogP contribution in [-0.2, 0) is 111 Å². The number of carboxylic acid groups (broad SMARTS) is 1. The van der Waals surface area contributed by atoms with Crippen LogP contribution in [0.15, 0.2) is 30.3 Å². The first kappa shape index (κ1) is 96.8. The van der Waals surface area contributed by atoms with Crippen molar-refractivity contribution < 1.29 is 110 Å². The van der Waals surface area contributed by atoms with Crippen LogP contribution in [0.1, 0.15) is 57.4 Å². The number of hydrogen-bond acceptors (Lipinski definition) is 27. The molecule has 0 spiro atoms. The maximum absolute atomic E-state index is 14.1. The van der Waals surface area contributed by atoms with Gasteiger partial charge in [-0.25, -0.2) is 0 Å². The number of carboxylic acids is 1. The highest BCUT2D eigenvalue weighted by Gasteiger charge is 2.34. The van der Waals surface area contributed by atoms with Crippen molar-refractivity contribution in [3.8, 4) is 0 Å². The number of benzene rings is 1. The first-order chi connectivity index (χ1) is 51.4. The molecule has 1 rings (SSSR count). The van der Waals surface area contributed by atoms with Crippen LogP contribution in [0.5, 0.6) is 0 Å². The van der Waals surface area contributed by atoms with E-state index in [0.29, 0.717) is 44.8 Å². The topological polar surface area (TPSA) is 591 Å². The van der Waals surface area contributed by atoms with E-state index in [1.807, 2.05) is 0 Å². The summed E-state index contributed by atoms with van der Waals surface area (Å²) >= 11 is 9.68. The van der Waals surface area contributed by atoms with Gasteiger partial charge in [0.15, 0.2) is 5.96 Å². The van der Waals surface area contributed by atoms with E-state index in [0.717, 1.165) is 0 Å². The summed E-state index contributed by atoms with van der Waals surface area (Å²) in [4.78, 5) is 180. The molecule has 0 fully saturated rings. The SMILES string of the molecule is CCC(=O)N[C@@H](CCCCN)C(=O)N[C@@H](CS)C(=O)N[C@@H](CCCNC(=N)N)C(=O)NCC(=O)N[C@@H](CC(=O)O)C(=O)N[C@@H](CS)C(=O)N[C@@H](Cc1ccccc1)C(=O)N[C@@H](CSC)C(=O)NCCOCCOCCOCCNC(=O)COCC(=O)NCCOCCOCCOCCNC(=O)COCC(N)=O. The van der Waals surface area contributed by atoms with Crippen molar-refractivity contribution in [2.45, 2.75) is 101 Å². The van der Waals surface area contributed by atoms with Crippen LogP contribution in [0.3, 0.4) is 0 Å². The molecule has 0 saturated carbocycles. The fourth-order valence-corrected chi connectivity index (χ4v) is 9.89. The van der Waals surface area contributed by atoms with Gasteiger partial charge in [-0.15, -0.1) is 0 Å². The summed E-state index contributed by atoms with van der Waals surface area (Å²) in [6.07, 6.45) is 2.00. The van der Waals surface area contributed by atoms with Crippen molar-refractivity contribution in [1.29, 1.82) is 5.41 Å². The van der Waals surface area contributed by atoms with Crippen molar-refractivity contribution in [3.63, 3.8) is 0 Å². The van der Waals surface area contributed by atoms with Crippen LogP contribution < -0.4 is 86.3 Å². The standard InChI is InChI=1S/C64H109N17O23S3/c1-3-51(83)75-44(12-7-8-14-65)59(92)79-47(39-105)62(95)77-43(13-9-15-73-64(67)68)57(90)74-34-52(84)76-46(33-56(88)89)61(94)80-48(40-106)63(96)78-45(32-42-10-5-4-6-11-42)60(93)81-49(41-107-2)58(91)72-19-23-100-27-31-102-30-26-99-22-18-71-55(87)38-104-37-54(86)70-17-21-98-25-29-101-28-24-97-20-16-69-53(85)36-103-35-50(66)82/h4-6,10-11,43-49,105-106H,3,7-9,12-41,65H2,1-2H3,(H2,66,82)(H,69,85)(H,70,86)(H,71,87)(H,72,91)(H,74,90)(H,75,83)(H,76,84)(H,77,95)(H,78,96)(H,79,92)(H,80,94)(H,81,93)(H,88,89)(H4,67,68,73)/t43-,44-,45-,46-,47-,48-,49-/m0/s1. The van der Waals surface area contributed by atoms with Gasteiger partial charge in [-0.3, -0.25) is 72.5 Å². The number of aliphatic carboxylic acids is 1. The van der Waals surface area contributed by atoms with E-state index < -0.39 is 144 Å². The molecular weight excluding hydrogens is 1470 g/mol. The van der Waals surface area contributed by atoms with Gasteiger partial charge in [0.2, 0.25) is 76.8 Å². The monoisotopic (exact) mass is 1580 g/mol. The summed E-state index contributed by atoms with van der Waals surface area (Å²) in [5.74, 6) is -11.8. The zero-order valence-corrected chi connectivity index (χ0v) is 63.0. The molecule has 0 radical (unpaired) electrons. The van der Waals surface area contributed by atoms with E-state index in [9.17, 15) is 72.2 Å². The third-order valence-corrected chi connectivity index (χ3v) is 15.6. The maximum Gasteiger partial charge on any atom is 0.305 e. The van der Waals surface area contributed by atoms with E-state index in [1.165, 1.54) is 11.8 Å². The van der Waals surface area contributed by atoms with E-state index in [4.69, 9.17) is 60.5 Å². The van der Waals surface area contributed by atoms with Gasteiger partial charge in [-0.2, -0.15) is 37.0 Å². The Balaban J connectivity index is 2.64. The molecule has 107 heavy (non-hydrogen) atoms. The zero-order chi connectivity index (χ0) is 79.4. The van der Waals surface area contributed by atoms with Crippen LogP contribution in [0.2, 0.25) is 0 Å². The number of ether oxygens (including phenoxy) is 8. The number of nitrogens with two attached hydrogens (primary N) is 3. The van der Waals surface area contributed by atoms with Gasteiger partial charge in [-0.05, 0) is 50.5 Å². The summed E-state index contributed by atoms with van der Waals surface area (Å²) in [6, 6.07) is -1.03. The quantitative estimate of drug-likeness (QED) is 0.0125. The number of primary amides is 1. The van der Waals surface area contributed by atoms with Gasteiger partial charge >= 0.3 is 5.97 Å². The number of guanidine groups is 1. The number of amides is 13. The molecule has 43 heteroatoms. The van der Waals surface area contributed by atoms with Gasteiger partial charge in [-0.1, -0.05) is 37.3 Å². The summed E-state index contributed by atoms with van der Waals surface area (Å²) in [6.45, 7) is 3.21. The lowest BCUT2D eigenvalue weighted by Crippen LogP contribution is -2.60. The summed E-state index contributed by atoms with van der Waals surface area (Å²) in [5, 5.41) is 50.1. The minimum absolute atomic E-state index is 0.0466. The number of thioether (sulfide) groups is 1. The Morgan fingerprint density at radius 3 is 1.30 bits per heavy atom. The van der Waals surface area contributed by atoms with Crippen molar-refractivity contribution in [1.82, 2.24) is 69.1 Å². The number of nitrogens with one attached hydrogen (secondary N) is 14. The molecule has 0 aliphatic carbocycles. The molecule has 1 aromatic rings. The predicted octanol–water partition coefficient (Wildman–Crippen LogP) is -7.68. The highest BCUT2D eigenvalue weighted by atomic mass is 32.2. The van der Waals surface area contributed by atoms with E-state index in [2.05, 4.69) is 94.4 Å². The van der Waals surface area contributed by atoms with E-state index in [1.54, 1.807) is 43.5 Å². The normalized spacial score (nSPS) is 12.9. The minimum atomic E-state index is -1.85. The first-order valence-corrected chi connectivity index (χ1v) is 37.1. The second-order valence-corrected chi connectivity index (χ2v) is 24.6. The van der Waals surface area contributed by atoms with Gasteiger partial charge < -0.3 is 129 Å². The summed E-state index contributed by atoms with van der Waals surface area (Å²) < 4.78 is 42.6. The summed E-state index contributed by atoms with van der Waals surface area (Å²) in [5.41, 5.74) is 16.5. The third-order valence-electron chi connectivity index (χ3n) is 14.2. The second-order valence-electron chi connectivity index (χ2n) is 23.0. The van der Waals surface area contributed by atoms with E-state index >= 15 is 0 Å². The van der Waals surface area contributed by atoms with Crippen LogP contribution >= 0.6 is 37.0 Å². The zero-order valence-electron chi connectivity index (χ0n) is 60.4. The Labute approximate surface area is 636 Å². The Hall–Kier alpha value is -8.24. The second kappa shape index (κ2) is 61.7. The molecule has 0 aliphatic rings. The van der Waals surface area contributed by atoms with Gasteiger partial charge in [0.1, 0.15) is 68.7 Å². The molecular formula is C64H109N17O23S3. The Morgan fingerprint density at radius 2 is 0.841 bits per heavy atom. The molecule has 0 heterocycles. The fourth-order valence-electron chi connectivity index (χ4n) is 8.81. The third kappa shape index (κ3) is 50.1. The average Bonchev–Trinajstić information content (AvgIpc) is 0.864. The van der Waals surface area contributed by atoms with Crippen LogP contribution in [0.25, 0.3) is 0 Å². The fraction of sp³-hybridized carbons (Fsp3) is 0.672. The molecule has 606 valence electrons. The van der Waals surface area contributed by atoms with Crippen LogP contribution in [-0.4, -0.2) is 311 Å². The molecule has 1 aromatic carbocycles. The number of carbonyl (C=O) groups is 14. The molecule has 13 amide bonds. The molecule has 0 saturated heterocycles. The van der Waals surface area contributed by atoms with Crippen molar-refractivity contribution in [2.75, 3.05) is 175 Å². The Bertz CT molecular complexity index is 2870. The minimum Gasteiger partial charge on any atom is -0.481 e. The Morgan fingerprint density at radius 1 is 0.439 bits per heavy atom. The average molecular weight is 1580 g/mol. The molecule has 40 nitrogen and oxygen atoms in total. The molecule has 0 bridgehead atoms. The highest BCUT2D eigenvalue weighted by molar-refractivity contribution is 7.98. The smallest absolute Gasteiger partial charge is 0.305 e. The molecule has 0 aromatic heterocycles. The first-order valence-electron chi connectivity index (χ1n) is 34.5. The van der Waals surface area contributed by atoms with Gasteiger partial charge in [0.25, 0.3) is 0 Å². The van der Waals surface area contributed by atoms with Crippen molar-refractivity contribution in [3.05, 3.63) is 35.9 Å². The van der Waals surface area contributed by atoms with Crippen molar-refractivity contribution in [2.24, 2.45) is 17.2 Å².